The quantitative estimate of drug-likeness (QED) is 0.440. The van der Waals surface area contributed by atoms with Gasteiger partial charge in [0, 0.05) is 25.8 Å². The van der Waals surface area contributed by atoms with Crippen molar-refractivity contribution in [1.29, 1.82) is 0 Å². The number of anilines is 3. The lowest BCUT2D eigenvalue weighted by molar-refractivity contribution is -0.121. The minimum absolute atomic E-state index is 0.0784. The number of nitrogens with two attached hydrogens (primary N) is 2. The van der Waals surface area contributed by atoms with Crippen LogP contribution in [-0.2, 0) is 14.8 Å². The molecule has 1 aromatic carbocycles. The first-order valence-corrected chi connectivity index (χ1v) is 10.4. The average molecular weight is 436 g/mol. The molecule has 2 unspecified atom stereocenters. The summed E-state index contributed by atoms with van der Waals surface area (Å²) in [6, 6.07) is 5.57. The zero-order valence-electron chi connectivity index (χ0n) is 17.1. The van der Waals surface area contributed by atoms with Crippen molar-refractivity contribution in [2.45, 2.75) is 24.8 Å². The third kappa shape index (κ3) is 5.21. The molecule has 0 bridgehead atoms. The lowest BCUT2D eigenvalue weighted by Gasteiger charge is -2.19. The molecule has 0 radical (unpaired) electrons. The van der Waals surface area contributed by atoms with Crippen LogP contribution in [0, 0.1) is 5.92 Å². The van der Waals surface area contributed by atoms with Crippen LogP contribution in [-0.4, -0.2) is 54.6 Å². The molecule has 0 aliphatic heterocycles. The van der Waals surface area contributed by atoms with Gasteiger partial charge in [-0.25, -0.2) is 22.7 Å². The molecule has 0 aliphatic carbocycles. The summed E-state index contributed by atoms with van der Waals surface area (Å²) >= 11 is 0. The highest BCUT2D eigenvalue weighted by Gasteiger charge is 2.20. The van der Waals surface area contributed by atoms with Crippen molar-refractivity contribution >= 4 is 39.2 Å². The maximum absolute atomic E-state index is 12.2. The molecular formula is C18H25N7O4S. The molecule has 2 atom stereocenters. The second-order valence-electron chi connectivity index (χ2n) is 6.88. The Hall–Kier alpha value is -3.25. The van der Waals surface area contributed by atoms with Crippen molar-refractivity contribution in [3.63, 3.8) is 0 Å². The number of hydrogen-bond acceptors (Lipinski definition) is 8. The van der Waals surface area contributed by atoms with Crippen molar-refractivity contribution < 1.29 is 18.0 Å². The number of primary amides is 2. The number of aromatic nitrogens is 2. The van der Waals surface area contributed by atoms with E-state index >= 15 is 0 Å². The second kappa shape index (κ2) is 9.05. The fourth-order valence-electron chi connectivity index (χ4n) is 2.39. The van der Waals surface area contributed by atoms with Gasteiger partial charge in [0.05, 0.1) is 17.0 Å². The van der Waals surface area contributed by atoms with Crippen LogP contribution in [0.4, 0.5) is 17.3 Å². The molecule has 1 aromatic heterocycles. The molecule has 162 valence electrons. The van der Waals surface area contributed by atoms with Crippen LogP contribution in [0.5, 0.6) is 0 Å². The number of amides is 2. The Balaban J connectivity index is 2.31. The number of benzene rings is 1. The molecule has 12 heteroatoms. The van der Waals surface area contributed by atoms with Gasteiger partial charge < -0.3 is 22.1 Å². The van der Waals surface area contributed by atoms with E-state index in [0.717, 1.165) is 4.31 Å². The van der Waals surface area contributed by atoms with Crippen molar-refractivity contribution in [2.75, 3.05) is 24.7 Å². The van der Waals surface area contributed by atoms with E-state index in [1.807, 2.05) is 0 Å². The third-order valence-electron chi connectivity index (χ3n) is 4.48. The Morgan fingerprint density at radius 1 is 1.10 bits per heavy atom. The predicted molar refractivity (Wildman–Crippen MR) is 113 cm³/mol. The van der Waals surface area contributed by atoms with Gasteiger partial charge in [-0.3, -0.25) is 9.59 Å². The molecule has 30 heavy (non-hydrogen) atoms. The number of carbonyl (C=O) groups excluding carboxylic acids is 2. The molecule has 11 nitrogen and oxygen atoms in total. The molecule has 0 spiro atoms. The Labute approximate surface area is 174 Å². The van der Waals surface area contributed by atoms with Gasteiger partial charge in [0.25, 0.3) is 5.91 Å². The van der Waals surface area contributed by atoms with E-state index in [-0.39, 0.29) is 22.4 Å². The molecule has 2 rings (SSSR count). The van der Waals surface area contributed by atoms with Crippen LogP contribution in [0.2, 0.25) is 0 Å². The SMILES string of the molecule is CC(Nc1cnc(C(N)=O)c(Nc2ccc(S(=O)(=O)N(C)C)cc2)n1)C(C)C(N)=O. The predicted octanol–water partition coefficient (Wildman–Crippen LogP) is 0.491. The van der Waals surface area contributed by atoms with E-state index in [1.54, 1.807) is 13.8 Å². The average Bonchev–Trinajstić information content (AvgIpc) is 2.67. The molecule has 6 N–H and O–H groups in total. The molecule has 0 fully saturated rings. The maximum atomic E-state index is 12.2. The van der Waals surface area contributed by atoms with E-state index in [1.165, 1.54) is 44.6 Å². The van der Waals surface area contributed by atoms with Gasteiger partial charge in [-0.1, -0.05) is 6.92 Å². The van der Waals surface area contributed by atoms with E-state index in [0.29, 0.717) is 11.5 Å². The molecule has 0 aliphatic rings. The third-order valence-corrected chi connectivity index (χ3v) is 6.31. The first kappa shape index (κ1) is 23.0. The highest BCUT2D eigenvalue weighted by Crippen LogP contribution is 2.22. The fraction of sp³-hybridized carbons (Fsp3) is 0.333. The summed E-state index contributed by atoms with van der Waals surface area (Å²) in [4.78, 5) is 31.5. The van der Waals surface area contributed by atoms with E-state index in [4.69, 9.17) is 11.5 Å². The van der Waals surface area contributed by atoms with Crippen LogP contribution < -0.4 is 22.1 Å². The van der Waals surface area contributed by atoms with Crippen molar-refractivity contribution in [3.8, 4) is 0 Å². The van der Waals surface area contributed by atoms with Gasteiger partial charge in [-0.05, 0) is 31.2 Å². The first-order valence-electron chi connectivity index (χ1n) is 8.95. The number of sulfonamides is 1. The normalized spacial score (nSPS) is 13.5. The van der Waals surface area contributed by atoms with Gasteiger partial charge in [-0.15, -0.1) is 0 Å². The maximum Gasteiger partial charge on any atom is 0.271 e. The van der Waals surface area contributed by atoms with Gasteiger partial charge in [0.1, 0.15) is 5.82 Å². The summed E-state index contributed by atoms with van der Waals surface area (Å²) in [7, 11) is -0.689. The van der Waals surface area contributed by atoms with E-state index in [2.05, 4.69) is 20.6 Å². The number of nitrogens with one attached hydrogen (secondary N) is 2. The molecule has 0 saturated carbocycles. The van der Waals surface area contributed by atoms with Crippen LogP contribution >= 0.6 is 0 Å². The van der Waals surface area contributed by atoms with Crippen molar-refractivity contribution in [2.24, 2.45) is 17.4 Å². The summed E-state index contributed by atoms with van der Waals surface area (Å²) in [6.07, 6.45) is 1.32. The number of hydrogen-bond donors (Lipinski definition) is 4. The smallest absolute Gasteiger partial charge is 0.271 e. The van der Waals surface area contributed by atoms with E-state index in [9.17, 15) is 18.0 Å². The van der Waals surface area contributed by atoms with Crippen molar-refractivity contribution in [1.82, 2.24) is 14.3 Å². The van der Waals surface area contributed by atoms with Crippen LogP contribution in [0.1, 0.15) is 24.3 Å². The van der Waals surface area contributed by atoms with Crippen LogP contribution in [0.3, 0.4) is 0 Å². The standard InChI is InChI=1S/C18H25N7O4S/c1-10(16(19)26)11(2)22-14-9-21-15(17(20)27)18(24-14)23-12-5-7-13(8-6-12)30(28,29)25(3)4/h5-11H,1-4H3,(H2,19,26)(H2,20,27)(H2,22,23,24). The molecule has 2 aromatic rings. The molecule has 2 amide bonds. The fourth-order valence-corrected chi connectivity index (χ4v) is 3.29. The monoisotopic (exact) mass is 435 g/mol. The molecule has 1 heterocycles. The van der Waals surface area contributed by atoms with Gasteiger partial charge in [0.15, 0.2) is 11.5 Å². The van der Waals surface area contributed by atoms with E-state index < -0.39 is 27.8 Å². The van der Waals surface area contributed by atoms with Crippen LogP contribution in [0.15, 0.2) is 35.4 Å². The minimum Gasteiger partial charge on any atom is -0.369 e. The largest absolute Gasteiger partial charge is 0.369 e. The number of carbonyl (C=O) groups is 2. The van der Waals surface area contributed by atoms with Crippen molar-refractivity contribution in [3.05, 3.63) is 36.2 Å². The lowest BCUT2D eigenvalue weighted by Crippen LogP contribution is -2.34. The zero-order valence-corrected chi connectivity index (χ0v) is 17.9. The summed E-state index contributed by atoms with van der Waals surface area (Å²) < 4.78 is 25.5. The Morgan fingerprint density at radius 3 is 2.20 bits per heavy atom. The topological polar surface area (TPSA) is 173 Å². The molecule has 0 saturated heterocycles. The Kier molecular flexibility index (Phi) is 6.95. The van der Waals surface area contributed by atoms with Gasteiger partial charge in [-0.2, -0.15) is 0 Å². The summed E-state index contributed by atoms with van der Waals surface area (Å²) in [6.45, 7) is 3.43. The Bertz CT molecular complexity index is 1040. The highest BCUT2D eigenvalue weighted by molar-refractivity contribution is 7.89. The first-order chi connectivity index (χ1) is 13.9. The number of rotatable bonds is 9. The minimum atomic E-state index is -3.57. The van der Waals surface area contributed by atoms with Gasteiger partial charge >= 0.3 is 0 Å². The highest BCUT2D eigenvalue weighted by atomic mass is 32.2. The second-order valence-corrected chi connectivity index (χ2v) is 9.03. The summed E-state index contributed by atoms with van der Waals surface area (Å²) in [5.74, 6) is -1.35. The zero-order chi connectivity index (χ0) is 22.6. The van der Waals surface area contributed by atoms with Crippen LogP contribution in [0.25, 0.3) is 0 Å². The summed E-state index contributed by atoms with van der Waals surface area (Å²) in [5.41, 5.74) is 11.1. The molecular weight excluding hydrogens is 410 g/mol. The lowest BCUT2D eigenvalue weighted by atomic mass is 10.0. The van der Waals surface area contributed by atoms with Gasteiger partial charge in [0.2, 0.25) is 15.9 Å². The Morgan fingerprint density at radius 2 is 1.70 bits per heavy atom. The number of nitrogens with zero attached hydrogens (tertiary/aromatic N) is 3. The summed E-state index contributed by atoms with van der Waals surface area (Å²) in [5, 5.41) is 5.92.